The van der Waals surface area contributed by atoms with Crippen LogP contribution in [0.15, 0.2) is 17.1 Å². The van der Waals surface area contributed by atoms with Crippen LogP contribution < -0.4 is 5.32 Å². The van der Waals surface area contributed by atoms with E-state index < -0.39 is 0 Å². The van der Waals surface area contributed by atoms with Gasteiger partial charge in [0.25, 0.3) is 0 Å². The molecule has 0 bridgehead atoms. The predicted octanol–water partition coefficient (Wildman–Crippen LogP) is 2.78. The normalized spacial score (nSPS) is 11.0. The standard InChI is InChI=1S/C10H10ClN3OS/c1-6-3-7(11)4-8(9(6)15)14-10(16-2)13-5-12/h3-4,15H,1-2H3,(H,13,14). The fourth-order valence-electron chi connectivity index (χ4n) is 1.08. The van der Waals surface area contributed by atoms with E-state index in [4.69, 9.17) is 16.9 Å². The van der Waals surface area contributed by atoms with E-state index in [1.54, 1.807) is 31.5 Å². The number of nitrogens with zero attached hydrogens (tertiary/aromatic N) is 2. The summed E-state index contributed by atoms with van der Waals surface area (Å²) < 4.78 is 0. The van der Waals surface area contributed by atoms with E-state index in [0.29, 0.717) is 21.4 Å². The second-order valence-corrected chi connectivity index (χ2v) is 4.18. The third-order valence-electron chi connectivity index (χ3n) is 1.82. The lowest BCUT2D eigenvalue weighted by atomic mass is 10.2. The molecule has 0 radical (unpaired) electrons. The van der Waals surface area contributed by atoms with Gasteiger partial charge < -0.3 is 5.11 Å². The Morgan fingerprint density at radius 1 is 1.62 bits per heavy atom. The Morgan fingerprint density at radius 2 is 2.31 bits per heavy atom. The third kappa shape index (κ3) is 3.05. The second kappa shape index (κ2) is 5.64. The lowest BCUT2D eigenvalue weighted by Crippen LogP contribution is -2.12. The topological polar surface area (TPSA) is 68.4 Å². The molecule has 6 heteroatoms. The summed E-state index contributed by atoms with van der Waals surface area (Å²) >= 11 is 7.13. The van der Waals surface area contributed by atoms with E-state index in [1.165, 1.54) is 11.8 Å². The highest BCUT2D eigenvalue weighted by Crippen LogP contribution is 2.33. The van der Waals surface area contributed by atoms with Gasteiger partial charge in [-0.05, 0) is 30.9 Å². The van der Waals surface area contributed by atoms with Crippen molar-refractivity contribution in [3.63, 3.8) is 0 Å². The van der Waals surface area contributed by atoms with Gasteiger partial charge in [-0.3, -0.25) is 5.32 Å². The number of halogens is 1. The molecule has 0 aliphatic heterocycles. The van der Waals surface area contributed by atoms with Crippen molar-refractivity contribution < 1.29 is 5.11 Å². The summed E-state index contributed by atoms with van der Waals surface area (Å²) in [6, 6.07) is 3.19. The first-order valence-corrected chi connectivity index (χ1v) is 5.95. The zero-order chi connectivity index (χ0) is 12.1. The van der Waals surface area contributed by atoms with Crippen LogP contribution in [0.3, 0.4) is 0 Å². The van der Waals surface area contributed by atoms with Gasteiger partial charge >= 0.3 is 0 Å². The van der Waals surface area contributed by atoms with Crippen LogP contribution in [0, 0.1) is 18.4 Å². The summed E-state index contributed by atoms with van der Waals surface area (Å²) in [6.45, 7) is 1.73. The van der Waals surface area contributed by atoms with Gasteiger partial charge in [-0.25, -0.2) is 4.99 Å². The third-order valence-corrected chi connectivity index (χ3v) is 2.62. The van der Waals surface area contributed by atoms with Crippen LogP contribution in [0.2, 0.25) is 5.02 Å². The van der Waals surface area contributed by atoms with Crippen molar-refractivity contribution >= 4 is 34.2 Å². The van der Waals surface area contributed by atoms with Crippen LogP contribution >= 0.6 is 23.4 Å². The van der Waals surface area contributed by atoms with Crippen molar-refractivity contribution in [2.24, 2.45) is 4.99 Å². The molecule has 1 aromatic rings. The molecule has 1 rings (SSSR count). The average Bonchev–Trinajstić information content (AvgIpc) is 2.24. The zero-order valence-electron chi connectivity index (χ0n) is 8.78. The van der Waals surface area contributed by atoms with Gasteiger partial charge in [0.2, 0.25) is 0 Å². The molecule has 0 aliphatic rings. The molecule has 0 unspecified atom stereocenters. The van der Waals surface area contributed by atoms with Crippen LogP contribution in [0.5, 0.6) is 5.75 Å². The first-order chi connectivity index (χ1) is 7.58. The minimum absolute atomic E-state index is 0.0655. The van der Waals surface area contributed by atoms with Crippen molar-refractivity contribution in [3.8, 4) is 11.9 Å². The number of aryl methyl sites for hydroxylation is 1. The lowest BCUT2D eigenvalue weighted by Gasteiger charge is -2.05. The number of nitrogens with one attached hydrogen (secondary N) is 1. The fourth-order valence-corrected chi connectivity index (χ4v) is 1.69. The SMILES string of the molecule is CSC(=Nc1cc(Cl)cc(C)c1O)NC#N. The lowest BCUT2D eigenvalue weighted by molar-refractivity contribution is 0.473. The van der Waals surface area contributed by atoms with Gasteiger partial charge in [-0.2, -0.15) is 5.26 Å². The number of thioether (sulfide) groups is 1. The van der Waals surface area contributed by atoms with Crippen molar-refractivity contribution in [2.75, 3.05) is 6.26 Å². The molecule has 0 atom stereocenters. The number of aliphatic imine (C=N–C) groups is 1. The molecule has 0 aliphatic carbocycles. The van der Waals surface area contributed by atoms with Gasteiger partial charge in [-0.1, -0.05) is 23.4 Å². The Bertz CT molecular complexity index is 468. The van der Waals surface area contributed by atoms with Gasteiger partial charge in [0, 0.05) is 5.02 Å². The number of nitriles is 1. The predicted molar refractivity (Wildman–Crippen MR) is 67.2 cm³/mol. The maximum Gasteiger partial charge on any atom is 0.183 e. The van der Waals surface area contributed by atoms with Gasteiger partial charge in [0.05, 0.1) is 0 Å². The maximum atomic E-state index is 9.75. The monoisotopic (exact) mass is 255 g/mol. The highest BCUT2D eigenvalue weighted by atomic mass is 35.5. The van der Waals surface area contributed by atoms with Crippen LogP contribution in [0.4, 0.5) is 5.69 Å². The molecule has 0 aromatic heterocycles. The van der Waals surface area contributed by atoms with Gasteiger partial charge in [0.15, 0.2) is 11.4 Å². The van der Waals surface area contributed by atoms with Crippen LogP contribution in [0.1, 0.15) is 5.56 Å². The molecule has 0 heterocycles. The fraction of sp³-hybridized carbons (Fsp3) is 0.200. The van der Waals surface area contributed by atoms with Crippen molar-refractivity contribution in [1.82, 2.24) is 5.32 Å². The molecule has 4 nitrogen and oxygen atoms in total. The Balaban J connectivity index is 3.18. The highest BCUT2D eigenvalue weighted by Gasteiger charge is 2.06. The van der Waals surface area contributed by atoms with Gasteiger partial charge in [-0.15, -0.1) is 0 Å². The summed E-state index contributed by atoms with van der Waals surface area (Å²) in [5, 5.41) is 21.5. The number of rotatable bonds is 1. The number of benzene rings is 1. The molecule has 16 heavy (non-hydrogen) atoms. The van der Waals surface area contributed by atoms with Crippen LogP contribution in [-0.2, 0) is 0 Å². The number of hydrogen-bond donors (Lipinski definition) is 2. The number of phenols is 1. The van der Waals surface area contributed by atoms with Gasteiger partial charge in [0.1, 0.15) is 11.4 Å². The molecule has 0 saturated heterocycles. The zero-order valence-corrected chi connectivity index (χ0v) is 10.4. The molecule has 0 spiro atoms. The van der Waals surface area contributed by atoms with E-state index in [2.05, 4.69) is 10.3 Å². The van der Waals surface area contributed by atoms with E-state index in [1.807, 2.05) is 0 Å². The minimum atomic E-state index is 0.0655. The smallest absolute Gasteiger partial charge is 0.183 e. The summed E-state index contributed by atoms with van der Waals surface area (Å²) in [6.07, 6.45) is 3.55. The van der Waals surface area contributed by atoms with E-state index >= 15 is 0 Å². The van der Waals surface area contributed by atoms with Crippen molar-refractivity contribution in [3.05, 3.63) is 22.7 Å². The largest absolute Gasteiger partial charge is 0.505 e. The quantitative estimate of drug-likeness (QED) is 0.350. The van der Waals surface area contributed by atoms with Crippen molar-refractivity contribution in [2.45, 2.75) is 6.92 Å². The average molecular weight is 256 g/mol. The van der Waals surface area contributed by atoms with E-state index in [-0.39, 0.29) is 5.75 Å². The molecule has 1 aromatic carbocycles. The maximum absolute atomic E-state index is 9.75. The Hall–Kier alpha value is -1.38. The molecule has 0 amide bonds. The van der Waals surface area contributed by atoms with E-state index in [0.717, 1.165) is 0 Å². The minimum Gasteiger partial charge on any atom is -0.505 e. The Kier molecular flexibility index (Phi) is 4.47. The molecular weight excluding hydrogens is 246 g/mol. The molecule has 84 valence electrons. The second-order valence-electron chi connectivity index (χ2n) is 2.95. The summed E-state index contributed by atoms with van der Waals surface area (Å²) in [5.74, 6) is 0.0655. The number of aromatic hydroxyl groups is 1. The first kappa shape index (κ1) is 12.7. The molecule has 2 N–H and O–H groups in total. The van der Waals surface area contributed by atoms with E-state index in [9.17, 15) is 5.11 Å². The molecular formula is C10H10ClN3OS. The summed E-state index contributed by atoms with van der Waals surface area (Å²) in [5.41, 5.74) is 0.987. The number of amidine groups is 1. The summed E-state index contributed by atoms with van der Waals surface area (Å²) in [4.78, 5) is 4.10. The summed E-state index contributed by atoms with van der Waals surface area (Å²) in [7, 11) is 0. The van der Waals surface area contributed by atoms with Crippen molar-refractivity contribution in [1.29, 1.82) is 5.26 Å². The van der Waals surface area contributed by atoms with Crippen LogP contribution in [-0.4, -0.2) is 16.5 Å². The molecule has 0 saturated carbocycles. The van der Waals surface area contributed by atoms with Crippen LogP contribution in [0.25, 0.3) is 0 Å². The first-order valence-electron chi connectivity index (χ1n) is 4.35. The molecule has 0 fully saturated rings. The number of phenolic OH excluding ortho intramolecular Hbond substituents is 1. The Labute approximate surface area is 103 Å². The Morgan fingerprint density at radius 3 is 2.88 bits per heavy atom. The number of hydrogen-bond acceptors (Lipinski definition) is 4. The highest BCUT2D eigenvalue weighted by molar-refractivity contribution is 8.13.